The topological polar surface area (TPSA) is 0 Å². The fourth-order valence-corrected chi connectivity index (χ4v) is 8.32. The molecule has 0 radical (unpaired) electrons. The minimum atomic E-state index is 0. The largest absolute Gasteiger partial charge is 0.0928 e. The van der Waals surface area contributed by atoms with Crippen LogP contribution in [-0.4, -0.2) is 21.3 Å². The zero-order valence-electron chi connectivity index (χ0n) is 20.8. The van der Waals surface area contributed by atoms with E-state index in [-0.39, 0.29) is 25.7 Å². The molecule has 0 N–H and O–H groups in total. The Hall–Kier alpha value is -0.420. The molecule has 2 aliphatic rings. The number of hydrogen-bond donors (Lipinski definition) is 0. The molecule has 0 atom stereocenters. The molecule has 0 saturated heterocycles. The van der Waals surface area contributed by atoms with Crippen LogP contribution in [0.4, 0.5) is 0 Å². The second kappa shape index (κ2) is 14.0. The van der Waals surface area contributed by atoms with E-state index >= 15 is 0 Å². The third-order valence-electron chi connectivity index (χ3n) is 8.60. The summed E-state index contributed by atoms with van der Waals surface area (Å²) in [5.74, 6) is 0. The molecule has 4 heteroatoms. The number of alkyl halides is 4. The van der Waals surface area contributed by atoms with E-state index in [1.54, 1.807) is 22.3 Å². The Balaban J connectivity index is 0.00000200. The summed E-state index contributed by atoms with van der Waals surface area (Å²) in [7, 11) is 0. The summed E-state index contributed by atoms with van der Waals surface area (Å²) >= 11 is 15.0. The van der Waals surface area contributed by atoms with Crippen molar-refractivity contribution < 1.29 is 0 Å². The van der Waals surface area contributed by atoms with Crippen molar-refractivity contribution in [1.82, 2.24) is 0 Å². The zero-order valence-corrected chi connectivity index (χ0v) is 27.1. The highest BCUT2D eigenvalue weighted by molar-refractivity contribution is 9.09. The first-order valence-corrected chi connectivity index (χ1v) is 17.8. The first-order valence-electron chi connectivity index (χ1n) is 13.3. The summed E-state index contributed by atoms with van der Waals surface area (Å²) in [5, 5.41) is 4.21. The maximum absolute atomic E-state index is 3.75. The molecule has 0 spiro atoms. The van der Waals surface area contributed by atoms with E-state index in [4.69, 9.17) is 0 Å². The van der Waals surface area contributed by atoms with Gasteiger partial charge in [0.25, 0.3) is 0 Å². The maximum atomic E-state index is 3.75. The van der Waals surface area contributed by atoms with Crippen molar-refractivity contribution in [2.75, 3.05) is 21.3 Å². The Labute approximate surface area is 265 Å². The summed E-state index contributed by atoms with van der Waals surface area (Å²) in [5.41, 5.74) is 12.3. The van der Waals surface area contributed by atoms with Gasteiger partial charge >= 0.3 is 0 Å². The monoisotopic (exact) mass is 766 g/mol. The van der Waals surface area contributed by atoms with Crippen molar-refractivity contribution in [1.29, 1.82) is 0 Å². The maximum Gasteiger partial charge on any atom is 0.0216 e. The lowest BCUT2D eigenvalue weighted by Gasteiger charge is -2.34. The second-order valence-corrected chi connectivity index (χ2v) is 13.5. The smallest absolute Gasteiger partial charge is 0.0216 e. The molecule has 0 saturated carbocycles. The number of fused-ring (bicyclic) bond motifs is 6. The van der Waals surface area contributed by atoms with E-state index < -0.39 is 0 Å². The lowest BCUT2D eigenvalue weighted by atomic mass is 9.69. The third kappa shape index (κ3) is 5.30. The SMILES string of the molecule is BrCCCC1(CCCBr)c2ccccc2-c2cc3c(cc21)-c1ccccc1C3(CCCBr)CCCBr.C.C. The van der Waals surface area contributed by atoms with E-state index in [9.17, 15) is 0 Å². The Morgan fingerprint density at radius 3 is 1.05 bits per heavy atom. The van der Waals surface area contributed by atoms with Crippen molar-refractivity contribution >= 4 is 63.7 Å². The van der Waals surface area contributed by atoms with Crippen LogP contribution in [0.5, 0.6) is 0 Å². The average molecular weight is 770 g/mol. The Kier molecular flexibility index (Phi) is 11.8. The normalized spacial score (nSPS) is 15.1. The molecule has 2 aliphatic carbocycles. The van der Waals surface area contributed by atoms with Gasteiger partial charge in [-0.05, 0) is 108 Å². The quantitative estimate of drug-likeness (QED) is 0.161. The van der Waals surface area contributed by atoms with Crippen molar-refractivity contribution in [2.45, 2.75) is 77.0 Å². The van der Waals surface area contributed by atoms with Crippen LogP contribution in [0, 0.1) is 0 Å². The molecular formula is C34H42Br4. The van der Waals surface area contributed by atoms with Gasteiger partial charge in [-0.2, -0.15) is 0 Å². The molecular weight excluding hydrogens is 728 g/mol. The molecule has 0 bridgehead atoms. The van der Waals surface area contributed by atoms with Gasteiger partial charge < -0.3 is 0 Å². The molecule has 0 aliphatic heterocycles. The highest BCUT2D eigenvalue weighted by atomic mass is 79.9. The molecule has 0 fully saturated rings. The molecule has 0 unspecified atom stereocenters. The first kappa shape index (κ1) is 32.1. The van der Waals surface area contributed by atoms with Crippen molar-refractivity contribution in [3.8, 4) is 22.3 Å². The molecule has 0 nitrogen and oxygen atoms in total. The molecule has 206 valence electrons. The summed E-state index contributed by atoms with van der Waals surface area (Å²) in [4.78, 5) is 0. The van der Waals surface area contributed by atoms with Crippen LogP contribution in [-0.2, 0) is 10.8 Å². The first-order chi connectivity index (χ1) is 17.7. The number of hydrogen-bond acceptors (Lipinski definition) is 0. The van der Waals surface area contributed by atoms with Crippen LogP contribution in [0.3, 0.4) is 0 Å². The lowest BCUT2D eigenvalue weighted by molar-refractivity contribution is 0.435. The van der Waals surface area contributed by atoms with Gasteiger partial charge in [-0.25, -0.2) is 0 Å². The Morgan fingerprint density at radius 1 is 0.421 bits per heavy atom. The Morgan fingerprint density at radius 2 is 0.737 bits per heavy atom. The van der Waals surface area contributed by atoms with Gasteiger partial charge in [-0.3, -0.25) is 0 Å². The minimum Gasteiger partial charge on any atom is -0.0928 e. The number of benzene rings is 3. The molecule has 3 aromatic carbocycles. The van der Waals surface area contributed by atoms with E-state index in [0.29, 0.717) is 0 Å². The highest BCUT2D eigenvalue weighted by Crippen LogP contribution is 2.60. The van der Waals surface area contributed by atoms with Crippen molar-refractivity contribution in [2.24, 2.45) is 0 Å². The molecule has 5 rings (SSSR count). The van der Waals surface area contributed by atoms with Gasteiger partial charge in [0, 0.05) is 32.2 Å². The minimum absolute atomic E-state index is 0. The fraction of sp³-hybridized carbons (Fsp3) is 0.471. The number of halogens is 4. The van der Waals surface area contributed by atoms with Gasteiger partial charge in [0.05, 0.1) is 0 Å². The predicted octanol–water partition coefficient (Wildman–Crippen LogP) is 12.2. The molecule has 0 heterocycles. The lowest BCUT2D eigenvalue weighted by Crippen LogP contribution is -2.27. The molecule has 0 amide bonds. The Bertz CT molecular complexity index is 1100. The molecule has 3 aromatic rings. The summed E-state index contributed by atoms with van der Waals surface area (Å²) < 4.78 is 0. The summed E-state index contributed by atoms with van der Waals surface area (Å²) in [6.45, 7) is 0. The van der Waals surface area contributed by atoms with E-state index in [1.807, 2.05) is 0 Å². The van der Waals surface area contributed by atoms with Gasteiger partial charge in [-0.1, -0.05) is 127 Å². The van der Waals surface area contributed by atoms with Crippen LogP contribution in [0.1, 0.15) is 88.5 Å². The van der Waals surface area contributed by atoms with Crippen LogP contribution >= 0.6 is 63.7 Å². The summed E-state index contributed by atoms with van der Waals surface area (Å²) in [6, 6.07) is 23.8. The second-order valence-electron chi connectivity index (χ2n) is 10.4. The van der Waals surface area contributed by atoms with Gasteiger partial charge in [0.15, 0.2) is 0 Å². The van der Waals surface area contributed by atoms with Crippen LogP contribution in [0.15, 0.2) is 60.7 Å². The van der Waals surface area contributed by atoms with Crippen LogP contribution in [0.2, 0.25) is 0 Å². The standard InChI is InChI=1S/C32H34Br4.2CH4/c33-17-5-13-31(14-6-18-34)27-11-3-1-9-23(27)25-21-30-26(22-29(25)31)24-10-2-4-12-28(24)32(30,15-7-19-35)16-8-20-36;;/h1-4,9-12,21-22H,5-8,13-20H2;2*1H4. The molecule has 0 aromatic heterocycles. The number of rotatable bonds is 12. The zero-order chi connectivity index (χ0) is 25.2. The third-order valence-corrected chi connectivity index (χ3v) is 10.8. The van der Waals surface area contributed by atoms with Gasteiger partial charge in [0.1, 0.15) is 0 Å². The summed E-state index contributed by atoms with van der Waals surface area (Å²) in [6.07, 6.45) is 9.49. The van der Waals surface area contributed by atoms with Crippen LogP contribution in [0.25, 0.3) is 22.3 Å². The average Bonchev–Trinajstić information content (AvgIpc) is 3.35. The van der Waals surface area contributed by atoms with Crippen molar-refractivity contribution in [3.63, 3.8) is 0 Å². The van der Waals surface area contributed by atoms with Gasteiger partial charge in [0.2, 0.25) is 0 Å². The van der Waals surface area contributed by atoms with E-state index in [1.165, 1.54) is 73.6 Å². The van der Waals surface area contributed by atoms with Gasteiger partial charge in [-0.15, -0.1) is 0 Å². The fourth-order valence-electron chi connectivity index (χ4n) is 7.20. The van der Waals surface area contributed by atoms with E-state index in [0.717, 1.165) is 21.3 Å². The molecule has 38 heavy (non-hydrogen) atoms. The predicted molar refractivity (Wildman–Crippen MR) is 184 cm³/mol. The highest BCUT2D eigenvalue weighted by Gasteiger charge is 2.47. The van der Waals surface area contributed by atoms with E-state index in [2.05, 4.69) is 124 Å². The van der Waals surface area contributed by atoms with Crippen LogP contribution < -0.4 is 0 Å². The van der Waals surface area contributed by atoms with Crippen molar-refractivity contribution in [3.05, 3.63) is 82.9 Å².